The number of hydrogen-bond acceptors (Lipinski definition) is 6. The number of imide groups is 1. The molecular formula is C20H27N3O4. The third kappa shape index (κ3) is 4.97. The summed E-state index contributed by atoms with van der Waals surface area (Å²) >= 11 is 0. The van der Waals surface area contributed by atoms with Crippen molar-refractivity contribution >= 4 is 23.4 Å². The van der Waals surface area contributed by atoms with Gasteiger partial charge in [0, 0.05) is 11.1 Å². The molecule has 0 aliphatic carbocycles. The maximum Gasteiger partial charge on any atom is 0.417 e. The minimum absolute atomic E-state index is 0.122. The number of fused-ring (bicyclic) bond motifs is 1. The Morgan fingerprint density at radius 3 is 2.30 bits per heavy atom. The molecule has 1 aromatic heterocycles. The SMILES string of the molecule is C=C/C=C1\C(=C/C=C)C(=O)N(C(=O)OC(C)(C)C)Cc2onc(N)c21.CC. The van der Waals surface area contributed by atoms with Gasteiger partial charge in [-0.05, 0) is 26.8 Å². The molecule has 7 nitrogen and oxygen atoms in total. The third-order valence-electron chi connectivity index (χ3n) is 3.31. The van der Waals surface area contributed by atoms with Crippen molar-refractivity contribution in [3.05, 3.63) is 54.4 Å². The Kier molecular flexibility index (Phi) is 7.34. The highest BCUT2D eigenvalue weighted by molar-refractivity contribution is 6.15. The molecule has 1 aliphatic heterocycles. The molecule has 0 fully saturated rings. The molecule has 2 amide bonds. The lowest BCUT2D eigenvalue weighted by molar-refractivity contribution is -0.126. The predicted octanol–water partition coefficient (Wildman–Crippen LogP) is 4.24. The lowest BCUT2D eigenvalue weighted by Gasteiger charge is -2.25. The second kappa shape index (κ2) is 9.02. The summed E-state index contributed by atoms with van der Waals surface area (Å²) < 4.78 is 10.6. The summed E-state index contributed by atoms with van der Waals surface area (Å²) in [5.41, 5.74) is 6.27. The molecule has 146 valence electrons. The van der Waals surface area contributed by atoms with E-state index in [2.05, 4.69) is 18.3 Å². The number of nitrogen functional groups attached to an aromatic ring is 1. The van der Waals surface area contributed by atoms with Crippen LogP contribution in [0.2, 0.25) is 0 Å². The molecule has 7 heteroatoms. The van der Waals surface area contributed by atoms with Crippen molar-refractivity contribution in [2.75, 3.05) is 5.73 Å². The van der Waals surface area contributed by atoms with Gasteiger partial charge in [0.25, 0.3) is 5.91 Å². The van der Waals surface area contributed by atoms with Crippen molar-refractivity contribution in [1.29, 1.82) is 0 Å². The van der Waals surface area contributed by atoms with E-state index < -0.39 is 17.6 Å². The summed E-state index contributed by atoms with van der Waals surface area (Å²) in [6.07, 6.45) is 5.29. The van der Waals surface area contributed by atoms with Crippen LogP contribution in [0.4, 0.5) is 10.6 Å². The third-order valence-corrected chi connectivity index (χ3v) is 3.31. The minimum atomic E-state index is -0.784. The first-order valence-electron chi connectivity index (χ1n) is 8.64. The van der Waals surface area contributed by atoms with Crippen LogP contribution in [0.25, 0.3) is 5.57 Å². The highest BCUT2D eigenvalue weighted by Crippen LogP contribution is 2.36. The van der Waals surface area contributed by atoms with Gasteiger partial charge in [-0.1, -0.05) is 50.4 Å². The van der Waals surface area contributed by atoms with Crippen LogP contribution in [0.5, 0.6) is 0 Å². The molecule has 2 rings (SSSR count). The number of allylic oxidation sites excluding steroid dienone is 4. The van der Waals surface area contributed by atoms with Crippen molar-refractivity contribution in [2.45, 2.75) is 46.8 Å². The predicted molar refractivity (Wildman–Crippen MR) is 106 cm³/mol. The molecule has 0 bridgehead atoms. The molecule has 0 atom stereocenters. The second-order valence-electron chi connectivity index (χ2n) is 6.37. The van der Waals surface area contributed by atoms with Crippen molar-refractivity contribution in [2.24, 2.45) is 0 Å². The van der Waals surface area contributed by atoms with Gasteiger partial charge in [0.15, 0.2) is 11.6 Å². The molecule has 0 aromatic carbocycles. The normalized spacial score (nSPS) is 16.9. The van der Waals surface area contributed by atoms with Gasteiger partial charge in [-0.3, -0.25) is 4.79 Å². The Morgan fingerprint density at radius 2 is 1.78 bits per heavy atom. The van der Waals surface area contributed by atoms with Crippen molar-refractivity contribution in [1.82, 2.24) is 10.1 Å². The number of nitrogens with zero attached hydrogens (tertiary/aromatic N) is 2. The monoisotopic (exact) mass is 373 g/mol. The van der Waals surface area contributed by atoms with Gasteiger partial charge in [0.05, 0.1) is 12.1 Å². The van der Waals surface area contributed by atoms with Gasteiger partial charge in [-0.25, -0.2) is 9.69 Å². The zero-order chi connectivity index (χ0) is 20.8. The molecule has 0 saturated heterocycles. The van der Waals surface area contributed by atoms with Crippen LogP contribution < -0.4 is 5.73 Å². The van der Waals surface area contributed by atoms with E-state index in [0.29, 0.717) is 11.1 Å². The fraction of sp³-hybridized carbons (Fsp3) is 0.350. The van der Waals surface area contributed by atoms with Crippen LogP contribution in [0.15, 0.2) is 47.6 Å². The van der Waals surface area contributed by atoms with Gasteiger partial charge in [-0.2, -0.15) is 0 Å². The lowest BCUT2D eigenvalue weighted by atomic mass is 9.97. The lowest BCUT2D eigenvalue weighted by Crippen LogP contribution is -2.40. The van der Waals surface area contributed by atoms with Crippen molar-refractivity contribution in [3.63, 3.8) is 0 Å². The molecule has 0 spiro atoms. The van der Waals surface area contributed by atoms with Crippen LogP contribution in [0.1, 0.15) is 45.9 Å². The molecule has 0 saturated carbocycles. The number of carbonyl (C=O) groups is 2. The van der Waals surface area contributed by atoms with E-state index in [1.807, 2.05) is 13.8 Å². The summed E-state index contributed by atoms with van der Waals surface area (Å²) in [6.45, 7) is 16.3. The zero-order valence-corrected chi connectivity index (χ0v) is 16.5. The van der Waals surface area contributed by atoms with E-state index >= 15 is 0 Å². The molecule has 0 unspecified atom stereocenters. The zero-order valence-electron chi connectivity index (χ0n) is 16.5. The first kappa shape index (κ1) is 22.0. The van der Waals surface area contributed by atoms with Gasteiger partial charge < -0.3 is 15.0 Å². The number of ether oxygens (including phenoxy) is 1. The molecule has 27 heavy (non-hydrogen) atoms. The van der Waals surface area contributed by atoms with Gasteiger partial charge in [-0.15, -0.1) is 0 Å². The number of rotatable bonds is 2. The Labute approximate surface area is 159 Å². The first-order chi connectivity index (χ1) is 12.7. The minimum Gasteiger partial charge on any atom is -0.443 e. The molecule has 2 N–H and O–H groups in total. The first-order valence-corrected chi connectivity index (χ1v) is 8.64. The number of hydrogen-bond donors (Lipinski definition) is 1. The van der Waals surface area contributed by atoms with Crippen LogP contribution in [-0.2, 0) is 16.1 Å². The standard InChI is InChI=1S/C18H21N3O4.C2H6/c1-6-8-11-12(9-7-2)16(22)21(17(23)24-18(3,4)5)10-13-14(11)15(19)20-25-13;1-2/h6-9H,1-2,10H2,3-5H3,(H2,19,20);1-2H3/b11-8+,12-9+;. The average molecular weight is 373 g/mol. The maximum absolute atomic E-state index is 13.0. The molecule has 0 radical (unpaired) electrons. The Hall–Kier alpha value is -3.09. The molecule has 2 heterocycles. The van der Waals surface area contributed by atoms with Crippen LogP contribution in [0.3, 0.4) is 0 Å². The summed E-state index contributed by atoms with van der Waals surface area (Å²) in [6, 6.07) is 0. The Morgan fingerprint density at radius 1 is 1.22 bits per heavy atom. The van der Waals surface area contributed by atoms with Crippen LogP contribution >= 0.6 is 0 Å². The summed E-state index contributed by atoms with van der Waals surface area (Å²) in [5.74, 6) is -0.137. The number of aromatic nitrogens is 1. The van der Waals surface area contributed by atoms with Gasteiger partial charge in [0.1, 0.15) is 5.60 Å². The highest BCUT2D eigenvalue weighted by Gasteiger charge is 2.37. The van der Waals surface area contributed by atoms with E-state index in [1.165, 1.54) is 18.2 Å². The van der Waals surface area contributed by atoms with Crippen molar-refractivity contribution in [3.8, 4) is 0 Å². The average Bonchev–Trinajstić information content (AvgIpc) is 2.90. The quantitative estimate of drug-likeness (QED) is 0.779. The second-order valence-corrected chi connectivity index (χ2v) is 6.37. The number of amides is 2. The maximum atomic E-state index is 13.0. The van der Waals surface area contributed by atoms with E-state index in [1.54, 1.807) is 26.8 Å². The molecule has 1 aliphatic rings. The van der Waals surface area contributed by atoms with E-state index in [9.17, 15) is 9.59 Å². The smallest absolute Gasteiger partial charge is 0.417 e. The van der Waals surface area contributed by atoms with E-state index in [0.717, 1.165) is 4.90 Å². The van der Waals surface area contributed by atoms with Gasteiger partial charge in [0.2, 0.25) is 0 Å². The summed E-state index contributed by atoms with van der Waals surface area (Å²) in [5, 5.41) is 3.74. The highest BCUT2D eigenvalue weighted by atomic mass is 16.6. The van der Waals surface area contributed by atoms with E-state index in [-0.39, 0.29) is 23.7 Å². The van der Waals surface area contributed by atoms with Gasteiger partial charge >= 0.3 is 6.09 Å². The topological polar surface area (TPSA) is 98.7 Å². The number of carbonyl (C=O) groups excluding carboxylic acids is 2. The van der Waals surface area contributed by atoms with Crippen LogP contribution in [0, 0.1) is 0 Å². The fourth-order valence-corrected chi connectivity index (χ4v) is 2.38. The Balaban J connectivity index is 0.00000176. The fourth-order valence-electron chi connectivity index (χ4n) is 2.38. The largest absolute Gasteiger partial charge is 0.443 e. The van der Waals surface area contributed by atoms with Crippen molar-refractivity contribution < 1.29 is 18.8 Å². The number of anilines is 1. The summed E-state index contributed by atoms with van der Waals surface area (Å²) in [4.78, 5) is 26.4. The van der Waals surface area contributed by atoms with Crippen LogP contribution in [-0.4, -0.2) is 27.7 Å². The van der Waals surface area contributed by atoms with E-state index in [4.69, 9.17) is 15.0 Å². The summed E-state index contributed by atoms with van der Waals surface area (Å²) in [7, 11) is 0. The molecule has 1 aromatic rings. The number of nitrogens with two attached hydrogens (primary N) is 1. The Bertz CT molecular complexity index is 795. The molecular weight excluding hydrogens is 346 g/mol.